The molecule has 0 radical (unpaired) electrons. The zero-order chi connectivity index (χ0) is 12.0. The summed E-state index contributed by atoms with van der Waals surface area (Å²) in [4.78, 5) is 8.11. The van der Waals surface area contributed by atoms with Gasteiger partial charge in [0.2, 0.25) is 0 Å². The first kappa shape index (κ1) is 13.9. The summed E-state index contributed by atoms with van der Waals surface area (Å²) in [6.45, 7) is 1.75. The van der Waals surface area contributed by atoms with E-state index in [0.29, 0.717) is 0 Å². The zero-order valence-electron chi connectivity index (χ0n) is 7.61. The number of halogens is 5. The van der Waals surface area contributed by atoms with Crippen molar-refractivity contribution in [2.24, 2.45) is 0 Å². The monoisotopic (exact) mass is 242 g/mol. The van der Waals surface area contributed by atoms with Gasteiger partial charge in [0.1, 0.15) is 0 Å². The minimum atomic E-state index is -2.83. The molecule has 0 heterocycles. The number of aryl methyl sites for hydroxylation is 1. The fourth-order valence-corrected chi connectivity index (χ4v) is 1.03. The molecule has 0 saturated heterocycles. The second-order valence-electron chi connectivity index (χ2n) is 2.55. The molecule has 1 nitrogen and oxygen atoms in total. The number of benzene rings is 1. The van der Waals surface area contributed by atoms with Gasteiger partial charge in [0, 0.05) is 10.6 Å². The standard InChI is InChI=1S/C8H7ClF2.CF2O/c1-5-2-3-7(9)6(4-5)8(10)11;2-1(3)4/h2-4,8H,1H3;. The molecule has 0 atom stereocenters. The lowest BCUT2D eigenvalue weighted by atomic mass is 10.1. The maximum absolute atomic E-state index is 12.1. The number of hydrogen-bond donors (Lipinski definition) is 0. The topological polar surface area (TPSA) is 17.1 Å². The van der Waals surface area contributed by atoms with Gasteiger partial charge in [-0.3, -0.25) is 0 Å². The molecule has 1 aromatic carbocycles. The Morgan fingerprint density at radius 3 is 2.13 bits per heavy atom. The van der Waals surface area contributed by atoms with Gasteiger partial charge in [0.05, 0.1) is 0 Å². The van der Waals surface area contributed by atoms with E-state index >= 15 is 0 Å². The molecule has 0 unspecified atom stereocenters. The lowest BCUT2D eigenvalue weighted by molar-refractivity contribution is 0.151. The van der Waals surface area contributed by atoms with Crippen molar-refractivity contribution in [1.29, 1.82) is 0 Å². The van der Waals surface area contributed by atoms with Crippen LogP contribution in [0, 0.1) is 6.92 Å². The molecule has 0 amide bonds. The van der Waals surface area contributed by atoms with E-state index in [0.717, 1.165) is 5.56 Å². The first-order valence-corrected chi connectivity index (χ1v) is 4.11. The Kier molecular flexibility index (Phi) is 5.93. The Balaban J connectivity index is 0.000000423. The van der Waals surface area contributed by atoms with E-state index in [-0.39, 0.29) is 10.6 Å². The van der Waals surface area contributed by atoms with Gasteiger partial charge >= 0.3 is 6.29 Å². The van der Waals surface area contributed by atoms with Crippen molar-refractivity contribution in [3.8, 4) is 0 Å². The molecule has 0 fully saturated rings. The first-order valence-electron chi connectivity index (χ1n) is 3.73. The summed E-state index contributed by atoms with van der Waals surface area (Å²) < 4.78 is 43.6. The van der Waals surface area contributed by atoms with Crippen LogP contribution in [0.3, 0.4) is 0 Å². The SMILES string of the molecule is Cc1ccc(Cl)c(C(F)F)c1.O=C(F)F. The van der Waals surface area contributed by atoms with Crippen molar-refractivity contribution in [2.75, 3.05) is 0 Å². The van der Waals surface area contributed by atoms with E-state index in [1.54, 1.807) is 13.0 Å². The summed E-state index contributed by atoms with van der Waals surface area (Å²) >= 11 is 5.51. The summed E-state index contributed by atoms with van der Waals surface area (Å²) in [5, 5.41) is 0.130. The van der Waals surface area contributed by atoms with Crippen molar-refractivity contribution in [1.82, 2.24) is 0 Å². The maximum Gasteiger partial charge on any atom is 0.483 e. The van der Waals surface area contributed by atoms with Gasteiger partial charge in [0.15, 0.2) is 0 Å². The Labute approximate surface area is 88.7 Å². The maximum atomic E-state index is 12.1. The molecular weight excluding hydrogens is 236 g/mol. The fourth-order valence-electron chi connectivity index (χ4n) is 0.830. The van der Waals surface area contributed by atoms with Crippen LogP contribution in [-0.4, -0.2) is 6.29 Å². The third-order valence-corrected chi connectivity index (χ3v) is 1.73. The Morgan fingerprint density at radius 1 is 1.33 bits per heavy atom. The van der Waals surface area contributed by atoms with Crippen LogP contribution in [0.1, 0.15) is 17.6 Å². The second-order valence-corrected chi connectivity index (χ2v) is 2.96. The van der Waals surface area contributed by atoms with Gasteiger partial charge in [-0.1, -0.05) is 23.2 Å². The summed E-state index contributed by atoms with van der Waals surface area (Å²) in [6.07, 6.45) is -5.32. The first-order chi connectivity index (χ1) is 6.84. The van der Waals surface area contributed by atoms with Crippen molar-refractivity contribution in [3.63, 3.8) is 0 Å². The molecule has 6 heteroatoms. The quantitative estimate of drug-likeness (QED) is 0.518. The third-order valence-electron chi connectivity index (χ3n) is 1.39. The highest BCUT2D eigenvalue weighted by Crippen LogP contribution is 2.27. The highest BCUT2D eigenvalue weighted by molar-refractivity contribution is 6.31. The number of rotatable bonds is 1. The average molecular weight is 243 g/mol. The number of alkyl halides is 2. The molecule has 0 bridgehead atoms. The molecule has 0 aliphatic rings. The number of hydrogen-bond acceptors (Lipinski definition) is 1. The van der Waals surface area contributed by atoms with Crippen molar-refractivity contribution in [2.45, 2.75) is 13.3 Å². The minimum absolute atomic E-state index is 0.0910. The molecule has 0 aromatic heterocycles. The molecule has 1 aromatic rings. The molecule has 15 heavy (non-hydrogen) atoms. The van der Waals surface area contributed by atoms with E-state index in [9.17, 15) is 17.6 Å². The highest BCUT2D eigenvalue weighted by Gasteiger charge is 2.10. The van der Waals surface area contributed by atoms with Crippen LogP contribution in [0.5, 0.6) is 0 Å². The molecule has 1 rings (SSSR count). The molecular formula is C9H7ClF4O. The van der Waals surface area contributed by atoms with Crippen molar-refractivity contribution < 1.29 is 22.4 Å². The fraction of sp³-hybridized carbons (Fsp3) is 0.222. The van der Waals surface area contributed by atoms with Crippen LogP contribution in [0.15, 0.2) is 18.2 Å². The number of carbonyl (C=O) groups is 1. The van der Waals surface area contributed by atoms with Crippen LogP contribution in [0.25, 0.3) is 0 Å². The van der Waals surface area contributed by atoms with Gasteiger partial charge in [-0.2, -0.15) is 0 Å². The van der Waals surface area contributed by atoms with Gasteiger partial charge in [0.25, 0.3) is 6.43 Å². The van der Waals surface area contributed by atoms with Gasteiger partial charge in [-0.25, -0.2) is 13.6 Å². The smallest absolute Gasteiger partial charge is 0.219 e. The number of carbonyl (C=O) groups excluding carboxylic acids is 1. The van der Waals surface area contributed by atoms with Gasteiger partial charge in [-0.15, -0.1) is 8.78 Å². The third kappa shape index (κ3) is 6.06. The highest BCUT2D eigenvalue weighted by atomic mass is 35.5. The predicted octanol–water partition coefficient (Wildman–Crippen LogP) is 4.63. The zero-order valence-corrected chi connectivity index (χ0v) is 8.36. The average Bonchev–Trinajstić information content (AvgIpc) is 2.08. The molecule has 0 saturated carbocycles. The van der Waals surface area contributed by atoms with E-state index in [1.165, 1.54) is 12.1 Å². The largest absolute Gasteiger partial charge is 0.483 e. The molecule has 0 N–H and O–H groups in total. The lowest BCUT2D eigenvalue weighted by Crippen LogP contribution is -1.86. The predicted molar refractivity (Wildman–Crippen MR) is 48.8 cm³/mol. The Morgan fingerprint density at radius 2 is 1.80 bits per heavy atom. The molecule has 84 valence electrons. The lowest BCUT2D eigenvalue weighted by Gasteiger charge is -2.02. The summed E-state index contributed by atoms with van der Waals surface area (Å²) in [5.41, 5.74) is 0.705. The van der Waals surface area contributed by atoms with Crippen molar-refractivity contribution >= 4 is 17.9 Å². The van der Waals surface area contributed by atoms with Crippen LogP contribution in [0.2, 0.25) is 5.02 Å². The Hall–Kier alpha value is -1.10. The summed E-state index contributed by atoms with van der Waals surface area (Å²) in [5.74, 6) is 0. The van der Waals surface area contributed by atoms with E-state index in [4.69, 9.17) is 16.4 Å². The summed E-state index contributed by atoms with van der Waals surface area (Å²) in [6, 6.07) is 4.58. The van der Waals surface area contributed by atoms with E-state index in [2.05, 4.69) is 0 Å². The molecule has 0 aliphatic carbocycles. The Bertz CT molecular complexity index is 337. The van der Waals surface area contributed by atoms with Crippen LogP contribution in [0.4, 0.5) is 22.4 Å². The molecule has 0 aliphatic heterocycles. The van der Waals surface area contributed by atoms with Crippen LogP contribution in [-0.2, 0) is 0 Å². The summed E-state index contributed by atoms with van der Waals surface area (Å²) in [7, 11) is 0. The van der Waals surface area contributed by atoms with E-state index in [1.807, 2.05) is 0 Å². The van der Waals surface area contributed by atoms with E-state index < -0.39 is 12.7 Å². The van der Waals surface area contributed by atoms with Crippen LogP contribution < -0.4 is 0 Å². The second kappa shape index (κ2) is 6.40. The van der Waals surface area contributed by atoms with Gasteiger partial charge < -0.3 is 0 Å². The minimum Gasteiger partial charge on any atom is -0.219 e. The normalized spacial score (nSPS) is 9.53. The van der Waals surface area contributed by atoms with Gasteiger partial charge in [-0.05, 0) is 19.1 Å². The van der Waals surface area contributed by atoms with Crippen molar-refractivity contribution in [3.05, 3.63) is 34.3 Å². The van der Waals surface area contributed by atoms with Crippen LogP contribution >= 0.6 is 11.6 Å². The molecule has 0 spiro atoms.